The lowest BCUT2D eigenvalue weighted by Gasteiger charge is -2.48. The molecule has 2 saturated carbocycles. The van der Waals surface area contributed by atoms with Gasteiger partial charge in [0.1, 0.15) is 5.78 Å². The highest BCUT2D eigenvalue weighted by Crippen LogP contribution is 2.61. The Balaban J connectivity index is 2.36. The van der Waals surface area contributed by atoms with Crippen molar-refractivity contribution >= 4 is 5.78 Å². The van der Waals surface area contributed by atoms with E-state index in [9.17, 15) is 41.4 Å². The monoisotopic (exact) mass is 486 g/mol. The van der Waals surface area contributed by atoms with E-state index >= 15 is 0 Å². The SMILES string of the molecule is CC(C)(O)CCC[C@@](C)(C/C=C\C(O)(C(F)(F)F)C(F)(F)F)[C@H]1CCC2C(=O)CCC[C@@]21C. The number of aliphatic hydroxyl groups is 2. The fourth-order valence-corrected chi connectivity index (χ4v) is 6.27. The minimum Gasteiger partial charge on any atom is -0.390 e. The van der Waals surface area contributed by atoms with Crippen molar-refractivity contribution in [3.05, 3.63) is 12.2 Å². The molecule has 0 radical (unpaired) electrons. The van der Waals surface area contributed by atoms with E-state index in [1.807, 2.05) is 13.8 Å². The number of allylic oxidation sites excluding steroid dienone is 1. The lowest BCUT2D eigenvalue weighted by molar-refractivity contribution is -0.347. The number of hydrogen-bond acceptors (Lipinski definition) is 3. The molecular weight excluding hydrogens is 450 g/mol. The molecule has 0 spiro atoms. The summed E-state index contributed by atoms with van der Waals surface area (Å²) in [5.41, 5.74) is -6.93. The summed E-state index contributed by atoms with van der Waals surface area (Å²) in [4.78, 5) is 12.5. The first-order valence-corrected chi connectivity index (χ1v) is 11.6. The third-order valence-electron chi connectivity index (χ3n) is 8.05. The van der Waals surface area contributed by atoms with Crippen LogP contribution in [0, 0.1) is 22.7 Å². The van der Waals surface area contributed by atoms with Crippen molar-refractivity contribution < 1.29 is 41.4 Å². The summed E-state index contributed by atoms with van der Waals surface area (Å²) >= 11 is 0. The highest BCUT2D eigenvalue weighted by Gasteiger charge is 2.69. The number of hydrogen-bond donors (Lipinski definition) is 2. The second-order valence-electron chi connectivity index (χ2n) is 11.2. The van der Waals surface area contributed by atoms with Crippen LogP contribution in [0.3, 0.4) is 0 Å². The minimum atomic E-state index is -5.90. The van der Waals surface area contributed by atoms with Crippen LogP contribution < -0.4 is 0 Å². The predicted octanol–water partition coefficient (Wildman–Crippen LogP) is 6.52. The summed E-state index contributed by atoms with van der Waals surface area (Å²) < 4.78 is 78.6. The Hall–Kier alpha value is -1.09. The van der Waals surface area contributed by atoms with E-state index in [1.54, 1.807) is 13.8 Å². The largest absolute Gasteiger partial charge is 0.429 e. The minimum absolute atomic E-state index is 0.0735. The summed E-state index contributed by atoms with van der Waals surface area (Å²) in [6, 6.07) is 0. The van der Waals surface area contributed by atoms with Crippen molar-refractivity contribution in [2.45, 2.75) is 109 Å². The maximum atomic E-state index is 13.1. The second-order valence-corrected chi connectivity index (χ2v) is 11.2. The maximum Gasteiger partial charge on any atom is 0.429 e. The lowest BCUT2D eigenvalue weighted by atomic mass is 9.56. The van der Waals surface area contributed by atoms with Gasteiger partial charge in [0.05, 0.1) is 5.60 Å². The lowest BCUT2D eigenvalue weighted by Crippen LogP contribution is -2.55. The Kier molecular flexibility index (Phi) is 7.82. The summed E-state index contributed by atoms with van der Waals surface area (Å²) in [7, 11) is 0. The first kappa shape index (κ1) is 28.1. The molecule has 0 aliphatic heterocycles. The Morgan fingerprint density at radius 2 is 1.58 bits per heavy atom. The van der Waals surface area contributed by atoms with E-state index in [4.69, 9.17) is 0 Å². The smallest absolute Gasteiger partial charge is 0.390 e. The van der Waals surface area contributed by atoms with Crippen LogP contribution in [0.1, 0.15) is 85.5 Å². The normalized spacial score (nSPS) is 29.4. The van der Waals surface area contributed by atoms with E-state index in [1.165, 1.54) is 0 Å². The van der Waals surface area contributed by atoms with E-state index in [0.717, 1.165) is 18.9 Å². The van der Waals surface area contributed by atoms with Crippen LogP contribution >= 0.6 is 0 Å². The topological polar surface area (TPSA) is 57.5 Å². The van der Waals surface area contributed by atoms with E-state index in [0.29, 0.717) is 38.5 Å². The van der Waals surface area contributed by atoms with Crippen LogP contribution in [-0.4, -0.2) is 39.6 Å². The van der Waals surface area contributed by atoms with Crippen molar-refractivity contribution in [3.63, 3.8) is 0 Å². The molecule has 0 bridgehead atoms. The van der Waals surface area contributed by atoms with Gasteiger partial charge in [0.25, 0.3) is 5.60 Å². The molecule has 2 aliphatic carbocycles. The Morgan fingerprint density at radius 1 is 1.00 bits per heavy atom. The summed E-state index contributed by atoms with van der Waals surface area (Å²) in [6.07, 6.45) is -6.52. The Labute approximate surface area is 191 Å². The molecule has 2 N–H and O–H groups in total. The molecule has 2 aliphatic rings. The molecule has 1 unspecified atom stereocenters. The van der Waals surface area contributed by atoms with Crippen molar-refractivity contribution in [1.29, 1.82) is 0 Å². The number of fused-ring (bicyclic) bond motifs is 1. The van der Waals surface area contributed by atoms with Crippen molar-refractivity contribution in [2.24, 2.45) is 22.7 Å². The molecule has 0 amide bonds. The number of ketones is 1. The molecule has 2 rings (SSSR count). The number of carbonyl (C=O) groups is 1. The van der Waals surface area contributed by atoms with Gasteiger partial charge in [-0.1, -0.05) is 26.3 Å². The van der Waals surface area contributed by atoms with Gasteiger partial charge < -0.3 is 10.2 Å². The highest BCUT2D eigenvalue weighted by molar-refractivity contribution is 5.83. The molecule has 0 aromatic heterocycles. The fourth-order valence-electron chi connectivity index (χ4n) is 6.27. The first-order chi connectivity index (χ1) is 14.8. The predicted molar refractivity (Wildman–Crippen MR) is 112 cm³/mol. The number of carbonyl (C=O) groups excluding carboxylic acids is 1. The highest BCUT2D eigenvalue weighted by atomic mass is 19.4. The average Bonchev–Trinajstić information content (AvgIpc) is 2.97. The second kappa shape index (κ2) is 9.17. The molecule has 0 aromatic rings. The summed E-state index contributed by atoms with van der Waals surface area (Å²) in [5.74, 6) is -0.0316. The van der Waals surface area contributed by atoms with Crippen LogP contribution in [0.4, 0.5) is 26.3 Å². The van der Waals surface area contributed by atoms with Gasteiger partial charge in [0, 0.05) is 12.3 Å². The molecule has 3 nitrogen and oxygen atoms in total. The van der Waals surface area contributed by atoms with Crippen molar-refractivity contribution in [3.8, 4) is 0 Å². The zero-order valence-electron chi connectivity index (χ0n) is 19.7. The van der Waals surface area contributed by atoms with Gasteiger partial charge in [-0.3, -0.25) is 4.79 Å². The average molecular weight is 487 g/mol. The molecule has 192 valence electrons. The zero-order chi connectivity index (χ0) is 25.5. The third kappa shape index (κ3) is 5.77. The third-order valence-corrected chi connectivity index (χ3v) is 8.05. The molecule has 0 saturated heterocycles. The van der Waals surface area contributed by atoms with Crippen molar-refractivity contribution in [2.75, 3.05) is 0 Å². The number of alkyl halides is 6. The number of halogens is 6. The first-order valence-electron chi connectivity index (χ1n) is 11.6. The molecule has 33 heavy (non-hydrogen) atoms. The Bertz CT molecular complexity index is 722. The van der Waals surface area contributed by atoms with Crippen molar-refractivity contribution in [1.82, 2.24) is 0 Å². The molecule has 4 atom stereocenters. The zero-order valence-corrected chi connectivity index (χ0v) is 19.7. The number of rotatable bonds is 8. The van der Waals surface area contributed by atoms with Gasteiger partial charge in [-0.2, -0.15) is 26.3 Å². The summed E-state index contributed by atoms with van der Waals surface area (Å²) in [6.45, 7) is 7.15. The van der Waals surface area contributed by atoms with E-state index in [2.05, 4.69) is 0 Å². The number of Topliss-reactive ketones (excluding diaryl/α,β-unsaturated/α-hetero) is 1. The van der Waals surface area contributed by atoms with Gasteiger partial charge in [0.15, 0.2) is 0 Å². The van der Waals surface area contributed by atoms with Gasteiger partial charge in [-0.15, -0.1) is 0 Å². The molecule has 2 fully saturated rings. The van der Waals surface area contributed by atoms with Crippen LogP contribution in [0.25, 0.3) is 0 Å². The van der Waals surface area contributed by atoms with Gasteiger partial charge >= 0.3 is 12.4 Å². The van der Waals surface area contributed by atoms with E-state index in [-0.39, 0.29) is 35.5 Å². The van der Waals surface area contributed by atoms with Crippen LogP contribution in [-0.2, 0) is 4.79 Å². The van der Waals surface area contributed by atoms with Gasteiger partial charge in [-0.25, -0.2) is 0 Å². The van der Waals surface area contributed by atoms with Crippen LogP contribution in [0.5, 0.6) is 0 Å². The van der Waals surface area contributed by atoms with Gasteiger partial charge in [0.2, 0.25) is 0 Å². The standard InChI is InChI=1S/C24H36F6O3/c1-19(2,32)11-6-12-20(3,13-7-15-22(33,23(25,26)27)24(28,29)30)18-10-9-16-17(31)8-5-14-21(16,18)4/h7,15-16,18,32-33H,5-6,8-14H2,1-4H3/b15-7-/t16?,18-,20+,21+/m1/s1. The van der Waals surface area contributed by atoms with Crippen LogP contribution in [0.15, 0.2) is 12.2 Å². The quantitative estimate of drug-likeness (QED) is 0.303. The summed E-state index contributed by atoms with van der Waals surface area (Å²) in [5, 5.41) is 19.6. The molecule has 9 heteroatoms. The fraction of sp³-hybridized carbons (Fsp3) is 0.875. The van der Waals surface area contributed by atoms with E-state index < -0.39 is 29.0 Å². The van der Waals surface area contributed by atoms with Crippen LogP contribution in [0.2, 0.25) is 0 Å². The Morgan fingerprint density at radius 3 is 2.09 bits per heavy atom. The molecule has 0 heterocycles. The molecular formula is C24H36F6O3. The maximum absolute atomic E-state index is 13.1. The van der Waals surface area contributed by atoms with Gasteiger partial charge in [-0.05, 0) is 81.6 Å². The molecule has 0 aromatic carbocycles.